The lowest BCUT2D eigenvalue weighted by Gasteiger charge is -2.12. The molecule has 34 heavy (non-hydrogen) atoms. The lowest BCUT2D eigenvalue weighted by molar-refractivity contribution is 0.420. The molecule has 5 aromatic rings. The number of methoxy groups -OCH3 is 1. The summed E-state index contributed by atoms with van der Waals surface area (Å²) >= 11 is 0. The molecule has 0 radical (unpaired) electrons. The number of rotatable bonds is 4. The largest absolute Gasteiger partial charge is 0.507 e. The van der Waals surface area contributed by atoms with Gasteiger partial charge >= 0.3 is 5.69 Å². The monoisotopic (exact) mass is 456 g/mol. The summed E-state index contributed by atoms with van der Waals surface area (Å²) in [6.07, 6.45) is 0. The SMILES string of the molecule is COc1cc2c(c3nc(-c4cc(C)c(O)c(C)c4)[nH]c(=O)c13)n(Cc1ccccc1)c(=O)n2C. The number of hydrogen-bond acceptors (Lipinski definition) is 5. The molecule has 0 atom stereocenters. The highest BCUT2D eigenvalue weighted by molar-refractivity contribution is 6.05. The number of ether oxygens (including phenoxy) is 1. The zero-order valence-electron chi connectivity index (χ0n) is 19.3. The fourth-order valence-corrected chi connectivity index (χ4v) is 4.46. The van der Waals surface area contributed by atoms with Crippen molar-refractivity contribution < 1.29 is 9.84 Å². The fourth-order valence-electron chi connectivity index (χ4n) is 4.46. The molecule has 0 bridgehead atoms. The minimum atomic E-state index is -0.371. The molecule has 5 rings (SSSR count). The lowest BCUT2D eigenvalue weighted by atomic mass is 10.0. The Balaban J connectivity index is 1.89. The zero-order chi connectivity index (χ0) is 24.1. The fraction of sp³-hybridized carbons (Fsp3) is 0.192. The molecule has 3 aromatic carbocycles. The number of nitrogens with one attached hydrogen (secondary N) is 1. The van der Waals surface area contributed by atoms with Crippen molar-refractivity contribution in [2.45, 2.75) is 20.4 Å². The Labute approximate surface area is 194 Å². The van der Waals surface area contributed by atoms with Crippen molar-refractivity contribution in [2.24, 2.45) is 7.05 Å². The van der Waals surface area contributed by atoms with Crippen LogP contribution >= 0.6 is 0 Å². The summed E-state index contributed by atoms with van der Waals surface area (Å²) < 4.78 is 8.69. The van der Waals surface area contributed by atoms with E-state index in [1.54, 1.807) is 43.7 Å². The topological polar surface area (TPSA) is 102 Å². The molecule has 0 aliphatic carbocycles. The Bertz CT molecular complexity index is 1670. The van der Waals surface area contributed by atoms with E-state index >= 15 is 0 Å². The maximum absolute atomic E-state index is 13.3. The molecule has 0 fully saturated rings. The van der Waals surface area contributed by atoms with E-state index in [2.05, 4.69) is 4.98 Å². The number of aromatic amines is 1. The van der Waals surface area contributed by atoms with Crippen LogP contribution in [0.2, 0.25) is 0 Å². The van der Waals surface area contributed by atoms with Gasteiger partial charge in [-0.25, -0.2) is 9.78 Å². The minimum Gasteiger partial charge on any atom is -0.507 e. The highest BCUT2D eigenvalue weighted by Gasteiger charge is 2.21. The van der Waals surface area contributed by atoms with Crippen LogP contribution in [-0.4, -0.2) is 31.3 Å². The number of imidazole rings is 1. The number of phenols is 1. The first-order valence-electron chi connectivity index (χ1n) is 10.8. The Hall–Kier alpha value is -4.33. The van der Waals surface area contributed by atoms with Crippen molar-refractivity contribution in [2.75, 3.05) is 7.11 Å². The van der Waals surface area contributed by atoms with Crippen molar-refractivity contribution in [1.29, 1.82) is 0 Å². The number of benzene rings is 3. The van der Waals surface area contributed by atoms with Crippen LogP contribution in [-0.2, 0) is 13.6 Å². The summed E-state index contributed by atoms with van der Waals surface area (Å²) in [7, 11) is 3.18. The summed E-state index contributed by atoms with van der Waals surface area (Å²) in [5.74, 6) is 0.893. The quantitative estimate of drug-likeness (QED) is 0.430. The van der Waals surface area contributed by atoms with Gasteiger partial charge in [-0.2, -0.15) is 0 Å². The first-order valence-corrected chi connectivity index (χ1v) is 10.8. The van der Waals surface area contributed by atoms with Gasteiger partial charge in [0.2, 0.25) is 0 Å². The van der Waals surface area contributed by atoms with E-state index in [1.807, 2.05) is 30.3 Å². The second-order valence-electron chi connectivity index (χ2n) is 8.46. The number of aromatic nitrogens is 4. The molecule has 0 saturated heterocycles. The minimum absolute atomic E-state index is 0.204. The number of H-pyrrole nitrogens is 1. The first-order chi connectivity index (χ1) is 16.3. The normalized spacial score (nSPS) is 11.4. The molecule has 0 amide bonds. The van der Waals surface area contributed by atoms with E-state index in [9.17, 15) is 14.7 Å². The molecular weight excluding hydrogens is 432 g/mol. The Morgan fingerprint density at radius 3 is 2.38 bits per heavy atom. The van der Waals surface area contributed by atoms with Gasteiger partial charge in [-0.05, 0) is 42.7 Å². The van der Waals surface area contributed by atoms with Gasteiger partial charge in [-0.1, -0.05) is 30.3 Å². The van der Waals surface area contributed by atoms with E-state index in [4.69, 9.17) is 9.72 Å². The van der Waals surface area contributed by atoms with Gasteiger partial charge < -0.3 is 14.8 Å². The number of phenolic OH excluding ortho intramolecular Hbond substituents is 1. The molecular formula is C26H24N4O4. The van der Waals surface area contributed by atoms with Gasteiger partial charge in [-0.3, -0.25) is 13.9 Å². The zero-order valence-corrected chi connectivity index (χ0v) is 19.3. The predicted molar refractivity (Wildman–Crippen MR) is 132 cm³/mol. The Kier molecular flexibility index (Phi) is 5.01. The second kappa shape index (κ2) is 7.91. The van der Waals surface area contributed by atoms with E-state index in [0.29, 0.717) is 51.4 Å². The van der Waals surface area contributed by atoms with E-state index in [0.717, 1.165) is 5.56 Å². The van der Waals surface area contributed by atoms with Crippen molar-refractivity contribution in [3.05, 3.63) is 86.1 Å². The lowest BCUT2D eigenvalue weighted by Crippen LogP contribution is -2.22. The van der Waals surface area contributed by atoms with Crippen molar-refractivity contribution in [3.8, 4) is 22.9 Å². The number of aryl methyl sites for hydroxylation is 3. The van der Waals surface area contributed by atoms with E-state index in [-0.39, 0.29) is 22.4 Å². The van der Waals surface area contributed by atoms with Crippen LogP contribution < -0.4 is 16.0 Å². The number of nitrogens with zero attached hydrogens (tertiary/aromatic N) is 3. The average Bonchev–Trinajstić information content (AvgIpc) is 3.07. The summed E-state index contributed by atoms with van der Waals surface area (Å²) in [5.41, 5.74) is 3.94. The summed E-state index contributed by atoms with van der Waals surface area (Å²) in [6, 6.07) is 14.9. The first kappa shape index (κ1) is 21.5. The highest BCUT2D eigenvalue weighted by Crippen LogP contribution is 2.32. The highest BCUT2D eigenvalue weighted by atomic mass is 16.5. The summed E-state index contributed by atoms with van der Waals surface area (Å²) in [6.45, 7) is 3.92. The van der Waals surface area contributed by atoms with Crippen LogP contribution in [0.1, 0.15) is 16.7 Å². The maximum Gasteiger partial charge on any atom is 0.329 e. The molecule has 0 unspecified atom stereocenters. The molecule has 172 valence electrons. The molecule has 8 heteroatoms. The van der Waals surface area contributed by atoms with Crippen molar-refractivity contribution in [1.82, 2.24) is 19.1 Å². The molecule has 0 spiro atoms. The molecule has 2 N–H and O–H groups in total. The average molecular weight is 457 g/mol. The van der Waals surface area contributed by atoms with Gasteiger partial charge in [0.15, 0.2) is 0 Å². The smallest absolute Gasteiger partial charge is 0.329 e. The van der Waals surface area contributed by atoms with Gasteiger partial charge in [0, 0.05) is 18.7 Å². The van der Waals surface area contributed by atoms with Gasteiger partial charge in [-0.15, -0.1) is 0 Å². The standard InChI is InChI=1S/C26H24N4O4/c1-14-10-17(11-15(2)23(14)31)24-27-21-20(25(32)28-24)19(34-4)12-18-22(21)30(26(33)29(18)3)13-16-8-6-5-7-9-16/h5-12,31H,13H2,1-4H3,(H,27,28,32). The number of fused-ring (bicyclic) bond motifs is 3. The predicted octanol–water partition coefficient (Wildman–Crippen LogP) is 3.62. The van der Waals surface area contributed by atoms with Crippen LogP contribution in [0.15, 0.2) is 58.1 Å². The van der Waals surface area contributed by atoms with Crippen LogP contribution in [0, 0.1) is 13.8 Å². The molecule has 2 heterocycles. The third kappa shape index (κ3) is 3.26. The number of hydrogen-bond donors (Lipinski definition) is 2. The maximum atomic E-state index is 13.3. The van der Waals surface area contributed by atoms with E-state index < -0.39 is 0 Å². The van der Waals surface area contributed by atoms with Crippen LogP contribution in [0.4, 0.5) is 0 Å². The molecule has 0 aliphatic rings. The van der Waals surface area contributed by atoms with Crippen molar-refractivity contribution in [3.63, 3.8) is 0 Å². The second-order valence-corrected chi connectivity index (χ2v) is 8.46. The Morgan fingerprint density at radius 1 is 1.06 bits per heavy atom. The number of aromatic hydroxyl groups is 1. The van der Waals surface area contributed by atoms with Crippen molar-refractivity contribution >= 4 is 21.9 Å². The van der Waals surface area contributed by atoms with Crippen LogP contribution in [0.3, 0.4) is 0 Å². The van der Waals surface area contributed by atoms with Crippen LogP contribution in [0.5, 0.6) is 11.5 Å². The molecule has 0 aliphatic heterocycles. The van der Waals surface area contributed by atoms with Gasteiger partial charge in [0.05, 0.1) is 24.7 Å². The van der Waals surface area contributed by atoms with Gasteiger partial charge in [0.25, 0.3) is 5.56 Å². The van der Waals surface area contributed by atoms with Gasteiger partial charge in [0.1, 0.15) is 28.2 Å². The summed E-state index contributed by atoms with van der Waals surface area (Å²) in [5, 5.41) is 10.5. The molecule has 2 aromatic heterocycles. The Morgan fingerprint density at radius 2 is 1.74 bits per heavy atom. The molecule has 0 saturated carbocycles. The third-order valence-corrected chi connectivity index (χ3v) is 6.22. The van der Waals surface area contributed by atoms with Crippen LogP contribution in [0.25, 0.3) is 33.3 Å². The van der Waals surface area contributed by atoms with E-state index in [1.165, 1.54) is 11.7 Å². The molecule has 8 nitrogen and oxygen atoms in total. The third-order valence-electron chi connectivity index (χ3n) is 6.22. The summed E-state index contributed by atoms with van der Waals surface area (Å²) in [4.78, 5) is 34.2.